The summed E-state index contributed by atoms with van der Waals surface area (Å²) in [6.07, 6.45) is 1.41. The third-order valence-corrected chi connectivity index (χ3v) is 4.49. The van der Waals surface area contributed by atoms with Gasteiger partial charge in [-0.1, -0.05) is 0 Å². The number of benzene rings is 1. The van der Waals surface area contributed by atoms with E-state index < -0.39 is 11.2 Å². The molecule has 1 spiro atoms. The first kappa shape index (κ1) is 17.6. The molecule has 6 nitrogen and oxygen atoms in total. The van der Waals surface area contributed by atoms with Gasteiger partial charge in [-0.05, 0) is 45.7 Å². The number of piperidine rings is 1. The predicted molar refractivity (Wildman–Crippen MR) is 92.3 cm³/mol. The van der Waals surface area contributed by atoms with Crippen molar-refractivity contribution in [2.75, 3.05) is 20.2 Å². The monoisotopic (exact) mass is 347 g/mol. The van der Waals surface area contributed by atoms with Crippen LogP contribution in [0.3, 0.4) is 0 Å². The van der Waals surface area contributed by atoms with E-state index in [4.69, 9.17) is 14.2 Å². The summed E-state index contributed by atoms with van der Waals surface area (Å²) in [7, 11) is 1.58. The van der Waals surface area contributed by atoms with E-state index in [2.05, 4.69) is 0 Å². The summed E-state index contributed by atoms with van der Waals surface area (Å²) in [6.45, 7) is 6.48. The van der Waals surface area contributed by atoms with Crippen molar-refractivity contribution in [3.63, 3.8) is 0 Å². The topological polar surface area (TPSA) is 65.1 Å². The van der Waals surface area contributed by atoms with Crippen LogP contribution in [0.1, 0.15) is 50.4 Å². The Hall–Kier alpha value is -2.24. The van der Waals surface area contributed by atoms with E-state index in [1.165, 1.54) is 0 Å². The second-order valence-corrected chi connectivity index (χ2v) is 7.75. The summed E-state index contributed by atoms with van der Waals surface area (Å²) >= 11 is 0. The molecule has 0 aromatic heterocycles. The van der Waals surface area contributed by atoms with Crippen LogP contribution >= 0.6 is 0 Å². The van der Waals surface area contributed by atoms with E-state index in [1.807, 2.05) is 20.8 Å². The summed E-state index contributed by atoms with van der Waals surface area (Å²) in [4.78, 5) is 26.7. The maximum absolute atomic E-state index is 12.6. The molecule has 1 saturated heterocycles. The summed E-state index contributed by atoms with van der Waals surface area (Å²) in [5, 5.41) is 0. The summed E-state index contributed by atoms with van der Waals surface area (Å²) < 4.78 is 16.9. The Bertz CT molecular complexity index is 694. The normalized spacial score (nSPS) is 23.0. The molecule has 0 bridgehead atoms. The van der Waals surface area contributed by atoms with Gasteiger partial charge in [0.05, 0.1) is 25.6 Å². The zero-order valence-electron chi connectivity index (χ0n) is 15.3. The van der Waals surface area contributed by atoms with E-state index in [9.17, 15) is 9.59 Å². The number of amides is 1. The lowest BCUT2D eigenvalue weighted by molar-refractivity contribution is -0.0334. The van der Waals surface area contributed by atoms with Crippen LogP contribution in [0.2, 0.25) is 0 Å². The van der Waals surface area contributed by atoms with Crippen molar-refractivity contribution >= 4 is 11.9 Å². The van der Waals surface area contributed by atoms with E-state index in [0.717, 1.165) is 12.8 Å². The number of rotatable bonds is 1. The van der Waals surface area contributed by atoms with Crippen LogP contribution in [0.5, 0.6) is 11.5 Å². The third kappa shape index (κ3) is 3.72. The van der Waals surface area contributed by atoms with E-state index in [-0.39, 0.29) is 18.3 Å². The molecule has 0 saturated carbocycles. The fourth-order valence-electron chi connectivity index (χ4n) is 3.41. The highest BCUT2D eigenvalue weighted by atomic mass is 16.6. The molecular weight excluding hydrogens is 322 g/mol. The van der Waals surface area contributed by atoms with Gasteiger partial charge in [0.1, 0.15) is 22.7 Å². The Morgan fingerprint density at radius 3 is 2.76 bits per heavy atom. The number of ketones is 1. The number of fused-ring (bicyclic) bond motifs is 1. The first-order valence-corrected chi connectivity index (χ1v) is 8.60. The van der Waals surface area contributed by atoms with Crippen molar-refractivity contribution in [3.05, 3.63) is 23.8 Å². The van der Waals surface area contributed by atoms with Crippen LogP contribution in [-0.2, 0) is 4.74 Å². The van der Waals surface area contributed by atoms with Crippen molar-refractivity contribution in [3.8, 4) is 11.5 Å². The average Bonchev–Trinajstić information content (AvgIpc) is 2.52. The number of carbonyl (C=O) groups excluding carboxylic acids is 2. The maximum Gasteiger partial charge on any atom is 0.410 e. The highest BCUT2D eigenvalue weighted by Gasteiger charge is 2.45. The maximum atomic E-state index is 12.6. The number of nitrogens with zero attached hydrogens (tertiary/aromatic N) is 1. The van der Waals surface area contributed by atoms with Crippen LogP contribution in [0, 0.1) is 0 Å². The molecule has 136 valence electrons. The molecule has 0 radical (unpaired) electrons. The summed E-state index contributed by atoms with van der Waals surface area (Å²) in [6, 6.07) is 5.23. The molecule has 1 fully saturated rings. The highest BCUT2D eigenvalue weighted by Crippen LogP contribution is 2.40. The minimum Gasteiger partial charge on any atom is -0.497 e. The van der Waals surface area contributed by atoms with Crippen LogP contribution in [0.4, 0.5) is 4.79 Å². The number of ether oxygens (including phenoxy) is 3. The SMILES string of the molecule is COc1ccc2c(c1)O[C@@]1(CCCN(C(=O)OC(C)(C)C)C1)CC2=O. The molecule has 1 amide bonds. The van der Waals surface area contributed by atoms with Crippen LogP contribution < -0.4 is 9.47 Å². The van der Waals surface area contributed by atoms with Gasteiger partial charge in [0.25, 0.3) is 0 Å². The fourth-order valence-corrected chi connectivity index (χ4v) is 3.41. The molecule has 0 unspecified atom stereocenters. The third-order valence-electron chi connectivity index (χ3n) is 4.49. The van der Waals surface area contributed by atoms with Crippen LogP contribution in [0.15, 0.2) is 18.2 Å². The molecule has 0 N–H and O–H groups in total. The highest BCUT2D eigenvalue weighted by molar-refractivity contribution is 6.00. The molecule has 1 aromatic carbocycles. The van der Waals surface area contributed by atoms with E-state index in [0.29, 0.717) is 30.2 Å². The number of Topliss-reactive ketones (excluding diaryl/α,β-unsaturated/α-hetero) is 1. The van der Waals surface area contributed by atoms with E-state index >= 15 is 0 Å². The largest absolute Gasteiger partial charge is 0.497 e. The van der Waals surface area contributed by atoms with Gasteiger partial charge in [-0.3, -0.25) is 4.79 Å². The van der Waals surface area contributed by atoms with Crippen molar-refractivity contribution < 1.29 is 23.8 Å². The van der Waals surface area contributed by atoms with Crippen LogP contribution in [0.25, 0.3) is 0 Å². The zero-order valence-corrected chi connectivity index (χ0v) is 15.3. The number of hydrogen-bond acceptors (Lipinski definition) is 5. The first-order valence-electron chi connectivity index (χ1n) is 8.60. The zero-order chi connectivity index (χ0) is 18.2. The minimum absolute atomic E-state index is 0.0370. The predicted octanol–water partition coefficient (Wildman–Crippen LogP) is 3.43. The lowest BCUT2D eigenvalue weighted by atomic mass is 9.83. The van der Waals surface area contributed by atoms with E-state index in [1.54, 1.807) is 30.2 Å². The molecule has 6 heteroatoms. The quantitative estimate of drug-likeness (QED) is 0.779. The van der Waals surface area contributed by atoms with Gasteiger partial charge >= 0.3 is 6.09 Å². The number of hydrogen-bond donors (Lipinski definition) is 0. The van der Waals surface area contributed by atoms with Crippen molar-refractivity contribution in [2.45, 2.75) is 51.2 Å². The minimum atomic E-state index is -0.689. The molecule has 1 atom stereocenters. The van der Waals surface area contributed by atoms with Crippen LogP contribution in [-0.4, -0.2) is 48.2 Å². The van der Waals surface area contributed by atoms with Gasteiger partial charge in [0, 0.05) is 12.6 Å². The second-order valence-electron chi connectivity index (χ2n) is 7.75. The first-order chi connectivity index (χ1) is 11.7. The lowest BCUT2D eigenvalue weighted by Gasteiger charge is -2.44. The Morgan fingerprint density at radius 1 is 1.32 bits per heavy atom. The molecule has 2 aliphatic rings. The standard InChI is InChI=1S/C19H25NO5/c1-18(2,3)25-17(22)20-9-5-8-19(12-20)11-15(21)14-7-6-13(23-4)10-16(14)24-19/h6-7,10H,5,8-9,11-12H2,1-4H3/t19-/m0/s1. The second kappa shape index (κ2) is 6.24. The van der Waals surface area contributed by atoms with Gasteiger partial charge in [-0.2, -0.15) is 0 Å². The van der Waals surface area contributed by atoms with Gasteiger partial charge in [0.15, 0.2) is 5.78 Å². The number of methoxy groups -OCH3 is 1. The lowest BCUT2D eigenvalue weighted by Crippen LogP contribution is -2.56. The number of carbonyl (C=O) groups is 2. The average molecular weight is 347 g/mol. The van der Waals surface area contributed by atoms with Gasteiger partial charge in [-0.15, -0.1) is 0 Å². The Balaban J connectivity index is 1.82. The molecule has 2 heterocycles. The molecule has 25 heavy (non-hydrogen) atoms. The Labute approximate surface area is 148 Å². The molecule has 3 rings (SSSR count). The molecule has 2 aliphatic heterocycles. The van der Waals surface area contributed by atoms with Gasteiger partial charge < -0.3 is 19.1 Å². The van der Waals surface area contributed by atoms with Crippen molar-refractivity contribution in [1.82, 2.24) is 4.90 Å². The van der Waals surface area contributed by atoms with Gasteiger partial charge in [0.2, 0.25) is 0 Å². The molecular formula is C19H25NO5. The Kier molecular flexibility index (Phi) is 4.39. The Morgan fingerprint density at radius 2 is 2.08 bits per heavy atom. The number of likely N-dealkylation sites (tertiary alicyclic amines) is 1. The summed E-state index contributed by atoms with van der Waals surface area (Å²) in [5.74, 6) is 1.21. The molecule has 0 aliphatic carbocycles. The van der Waals surface area contributed by atoms with Crippen molar-refractivity contribution in [1.29, 1.82) is 0 Å². The summed E-state index contributed by atoms with van der Waals surface area (Å²) in [5.41, 5.74) is -0.669. The molecule has 1 aromatic rings. The van der Waals surface area contributed by atoms with Crippen molar-refractivity contribution in [2.24, 2.45) is 0 Å². The fraction of sp³-hybridized carbons (Fsp3) is 0.579. The van der Waals surface area contributed by atoms with Gasteiger partial charge in [-0.25, -0.2) is 4.79 Å². The smallest absolute Gasteiger partial charge is 0.410 e.